The van der Waals surface area contributed by atoms with Crippen LogP contribution in [0.4, 0.5) is 0 Å². The third-order valence-electron chi connectivity index (χ3n) is 13.0. The van der Waals surface area contributed by atoms with Crippen LogP contribution in [-0.2, 0) is 14.3 Å². The van der Waals surface area contributed by atoms with Crippen molar-refractivity contribution in [2.45, 2.75) is 315 Å². The zero-order valence-electron chi connectivity index (χ0n) is 42.3. The molecule has 0 aliphatic carbocycles. The van der Waals surface area contributed by atoms with Crippen LogP contribution >= 0.6 is 0 Å². The summed E-state index contributed by atoms with van der Waals surface area (Å²) < 4.78 is 5.42. The third kappa shape index (κ3) is 49.6. The van der Waals surface area contributed by atoms with Gasteiger partial charge < -0.3 is 20.3 Å². The molecule has 0 heterocycles. The second kappa shape index (κ2) is 53.0. The number of carbonyl (C=O) groups is 2. The van der Waals surface area contributed by atoms with E-state index >= 15 is 0 Å². The summed E-state index contributed by atoms with van der Waals surface area (Å²) in [6.07, 6.45) is 63.5. The van der Waals surface area contributed by atoms with Gasteiger partial charge in [0.2, 0.25) is 5.91 Å². The number of ether oxygens (including phenoxy) is 1. The highest BCUT2D eigenvalue weighted by atomic mass is 16.5. The zero-order chi connectivity index (χ0) is 45.8. The number of amides is 1. The van der Waals surface area contributed by atoms with Gasteiger partial charge in [0.15, 0.2) is 0 Å². The fourth-order valence-electron chi connectivity index (χ4n) is 8.63. The number of hydrogen-bond donors (Lipinski definition) is 3. The summed E-state index contributed by atoms with van der Waals surface area (Å²) in [5.74, 6) is -0.139. The van der Waals surface area contributed by atoms with Crippen LogP contribution in [0.3, 0.4) is 0 Å². The van der Waals surface area contributed by atoms with Crippen LogP contribution in [0.25, 0.3) is 0 Å². The first kappa shape index (κ1) is 61.3. The molecule has 6 nitrogen and oxygen atoms in total. The first-order valence-electron chi connectivity index (χ1n) is 28.1. The van der Waals surface area contributed by atoms with E-state index in [1.807, 2.05) is 6.08 Å². The van der Waals surface area contributed by atoms with E-state index in [1.54, 1.807) is 6.08 Å². The largest absolute Gasteiger partial charge is 0.466 e. The Bertz CT molecular complexity index is 982. The molecule has 0 aliphatic rings. The normalized spacial score (nSPS) is 12.8. The molecule has 2 unspecified atom stereocenters. The molecule has 1 amide bonds. The molecular formula is C57H109NO5. The fraction of sp³-hybridized carbons (Fsp3) is 0.895. The molecule has 0 spiro atoms. The van der Waals surface area contributed by atoms with Crippen molar-refractivity contribution < 1.29 is 24.5 Å². The van der Waals surface area contributed by atoms with E-state index in [9.17, 15) is 19.8 Å². The zero-order valence-corrected chi connectivity index (χ0v) is 42.3. The predicted molar refractivity (Wildman–Crippen MR) is 273 cm³/mol. The van der Waals surface area contributed by atoms with E-state index < -0.39 is 12.1 Å². The van der Waals surface area contributed by atoms with E-state index in [4.69, 9.17) is 4.74 Å². The summed E-state index contributed by atoms with van der Waals surface area (Å²) in [5.41, 5.74) is 0. The molecule has 0 aliphatic heterocycles. The number of allylic oxidation sites excluding steroid dienone is 3. The third-order valence-corrected chi connectivity index (χ3v) is 13.0. The summed E-state index contributed by atoms with van der Waals surface area (Å²) in [4.78, 5) is 24.4. The van der Waals surface area contributed by atoms with Crippen LogP contribution < -0.4 is 5.32 Å². The molecule has 0 radical (unpaired) electrons. The highest BCUT2D eigenvalue weighted by molar-refractivity contribution is 5.76. The number of rotatable bonds is 52. The van der Waals surface area contributed by atoms with Crippen LogP contribution in [0.15, 0.2) is 24.3 Å². The Morgan fingerprint density at radius 1 is 0.429 bits per heavy atom. The maximum absolute atomic E-state index is 12.5. The number of esters is 1. The molecule has 372 valence electrons. The lowest BCUT2D eigenvalue weighted by atomic mass is 10.0. The molecule has 0 aromatic heterocycles. The molecule has 0 aromatic carbocycles. The Hall–Kier alpha value is -1.66. The van der Waals surface area contributed by atoms with Gasteiger partial charge in [-0.15, -0.1) is 0 Å². The smallest absolute Gasteiger partial charge is 0.305 e. The molecule has 0 rings (SSSR count). The van der Waals surface area contributed by atoms with Gasteiger partial charge in [-0.05, 0) is 57.8 Å². The van der Waals surface area contributed by atoms with Crippen LogP contribution in [0.5, 0.6) is 0 Å². The number of carbonyl (C=O) groups excluding carboxylic acids is 2. The van der Waals surface area contributed by atoms with Gasteiger partial charge in [0.25, 0.3) is 0 Å². The van der Waals surface area contributed by atoms with Crippen LogP contribution in [0.1, 0.15) is 303 Å². The minimum atomic E-state index is -0.866. The van der Waals surface area contributed by atoms with Gasteiger partial charge in [-0.1, -0.05) is 256 Å². The Labute approximate surface area is 392 Å². The lowest BCUT2D eigenvalue weighted by Crippen LogP contribution is -2.45. The minimum absolute atomic E-state index is 0.0382. The Morgan fingerprint density at radius 3 is 1.13 bits per heavy atom. The second-order valence-electron chi connectivity index (χ2n) is 19.3. The van der Waals surface area contributed by atoms with Crippen LogP contribution in [0, 0.1) is 0 Å². The first-order valence-corrected chi connectivity index (χ1v) is 28.1. The average Bonchev–Trinajstić information content (AvgIpc) is 3.28. The van der Waals surface area contributed by atoms with Crippen molar-refractivity contribution in [1.82, 2.24) is 5.32 Å². The molecule has 0 saturated heterocycles. The number of hydrogen-bond acceptors (Lipinski definition) is 5. The monoisotopic (exact) mass is 888 g/mol. The van der Waals surface area contributed by atoms with Crippen molar-refractivity contribution in [1.29, 1.82) is 0 Å². The van der Waals surface area contributed by atoms with Crippen molar-refractivity contribution in [2.75, 3.05) is 13.2 Å². The van der Waals surface area contributed by atoms with Crippen molar-refractivity contribution >= 4 is 11.9 Å². The van der Waals surface area contributed by atoms with Crippen molar-refractivity contribution in [3.8, 4) is 0 Å². The molecule has 3 N–H and O–H groups in total. The van der Waals surface area contributed by atoms with Crippen LogP contribution in [-0.4, -0.2) is 47.4 Å². The summed E-state index contributed by atoms with van der Waals surface area (Å²) >= 11 is 0. The summed E-state index contributed by atoms with van der Waals surface area (Å²) in [7, 11) is 0. The molecular weight excluding hydrogens is 779 g/mol. The standard InChI is InChI=1S/C57H109NO5/c1-3-5-7-9-11-13-15-16-17-18-19-20-21-22-23-24-25-26-27-28-30-33-37-41-45-49-55(60)54(53-59)58-56(61)50-46-42-38-34-31-32-36-40-44-48-52-63-57(62)51-47-43-39-35-29-14-12-10-8-6-4-2/h32,36,45,49,54-55,59-60H,3-31,33-35,37-44,46-48,50-53H2,1-2H3,(H,58,61)/b36-32-,49-45+. The van der Waals surface area contributed by atoms with Gasteiger partial charge in [0, 0.05) is 12.8 Å². The highest BCUT2D eigenvalue weighted by Gasteiger charge is 2.18. The molecule has 0 bridgehead atoms. The topological polar surface area (TPSA) is 95.9 Å². The number of nitrogens with one attached hydrogen (secondary N) is 1. The Morgan fingerprint density at radius 2 is 0.746 bits per heavy atom. The van der Waals surface area contributed by atoms with E-state index in [2.05, 4.69) is 31.3 Å². The summed E-state index contributed by atoms with van der Waals surface area (Å²) in [5, 5.41) is 23.1. The lowest BCUT2D eigenvalue weighted by molar-refractivity contribution is -0.143. The number of aliphatic hydroxyl groups excluding tert-OH is 2. The minimum Gasteiger partial charge on any atom is -0.466 e. The summed E-state index contributed by atoms with van der Waals surface area (Å²) in [6, 6.07) is -0.653. The van der Waals surface area contributed by atoms with Crippen molar-refractivity contribution in [2.24, 2.45) is 0 Å². The molecule has 0 saturated carbocycles. The predicted octanol–water partition coefficient (Wildman–Crippen LogP) is 17.1. The Kier molecular flexibility index (Phi) is 51.6. The highest BCUT2D eigenvalue weighted by Crippen LogP contribution is 2.17. The molecule has 0 fully saturated rings. The molecule has 6 heteroatoms. The number of aliphatic hydroxyl groups is 2. The van der Waals surface area contributed by atoms with Crippen LogP contribution in [0.2, 0.25) is 0 Å². The van der Waals surface area contributed by atoms with Gasteiger partial charge in [0.05, 0.1) is 25.4 Å². The fourth-order valence-corrected chi connectivity index (χ4v) is 8.63. The summed E-state index contributed by atoms with van der Waals surface area (Å²) in [6.45, 7) is 4.82. The average molecular weight is 889 g/mol. The SMILES string of the molecule is CCCCCCCCCCCCCCCCCCCCCCCCC/C=C/C(O)C(CO)NC(=O)CCCCCC/C=C\CCCCOC(=O)CCCCCCCCCCCCC. The van der Waals surface area contributed by atoms with E-state index in [0.717, 1.165) is 77.0 Å². The van der Waals surface area contributed by atoms with Gasteiger partial charge in [0.1, 0.15) is 0 Å². The maximum atomic E-state index is 12.5. The van der Waals surface area contributed by atoms with Gasteiger partial charge in [-0.25, -0.2) is 0 Å². The Balaban J connectivity index is 3.54. The quantitative estimate of drug-likeness (QED) is 0.0321. The van der Waals surface area contributed by atoms with Gasteiger partial charge >= 0.3 is 5.97 Å². The molecule has 63 heavy (non-hydrogen) atoms. The number of unbranched alkanes of at least 4 members (excludes halogenated alkanes) is 39. The second-order valence-corrected chi connectivity index (χ2v) is 19.3. The van der Waals surface area contributed by atoms with E-state index in [-0.39, 0.29) is 18.5 Å². The van der Waals surface area contributed by atoms with Crippen molar-refractivity contribution in [3.63, 3.8) is 0 Å². The van der Waals surface area contributed by atoms with Gasteiger partial charge in [-0.2, -0.15) is 0 Å². The van der Waals surface area contributed by atoms with Crippen molar-refractivity contribution in [3.05, 3.63) is 24.3 Å². The molecule has 2 atom stereocenters. The lowest BCUT2D eigenvalue weighted by Gasteiger charge is -2.20. The van der Waals surface area contributed by atoms with E-state index in [1.165, 1.54) is 199 Å². The molecule has 0 aromatic rings. The van der Waals surface area contributed by atoms with Gasteiger partial charge in [-0.3, -0.25) is 9.59 Å². The first-order chi connectivity index (χ1) is 31.0. The maximum Gasteiger partial charge on any atom is 0.305 e. The van der Waals surface area contributed by atoms with E-state index in [0.29, 0.717) is 19.4 Å².